The Hall–Kier alpha value is -2.49. The number of nitrogen functional groups attached to an aromatic ring is 1. The Kier molecular flexibility index (Phi) is 4.82. The van der Waals surface area contributed by atoms with Crippen molar-refractivity contribution in [3.63, 3.8) is 0 Å². The molecule has 0 bridgehead atoms. The standard InChI is InChI=1S/C17H20N2O2/c1-3-4-12-5-7-13(8-6-12)19-14-9-10-16(18)15(11-14)17(20)21-2/h5-11,19H,3-4,18H2,1-2H3. The molecule has 0 fully saturated rings. The quantitative estimate of drug-likeness (QED) is 0.648. The van der Waals surface area contributed by atoms with Gasteiger partial charge in [0, 0.05) is 17.1 Å². The van der Waals surface area contributed by atoms with Crippen LogP contribution < -0.4 is 11.1 Å². The zero-order valence-corrected chi connectivity index (χ0v) is 12.3. The highest BCUT2D eigenvalue weighted by Crippen LogP contribution is 2.22. The van der Waals surface area contributed by atoms with Crippen LogP contribution >= 0.6 is 0 Å². The van der Waals surface area contributed by atoms with Gasteiger partial charge in [-0.1, -0.05) is 25.5 Å². The molecule has 0 spiro atoms. The number of aryl methyl sites for hydroxylation is 1. The number of nitrogens with one attached hydrogen (secondary N) is 1. The molecule has 0 saturated carbocycles. The number of methoxy groups -OCH3 is 1. The number of ether oxygens (including phenoxy) is 1. The molecular weight excluding hydrogens is 264 g/mol. The summed E-state index contributed by atoms with van der Waals surface area (Å²) in [5, 5.41) is 3.26. The van der Waals surface area contributed by atoms with E-state index < -0.39 is 5.97 Å². The molecule has 0 unspecified atom stereocenters. The highest BCUT2D eigenvalue weighted by molar-refractivity contribution is 5.96. The van der Waals surface area contributed by atoms with Crippen LogP contribution in [0.4, 0.5) is 17.1 Å². The van der Waals surface area contributed by atoms with Gasteiger partial charge in [-0.25, -0.2) is 4.79 Å². The van der Waals surface area contributed by atoms with Crippen molar-refractivity contribution in [1.82, 2.24) is 0 Å². The van der Waals surface area contributed by atoms with Crippen LogP contribution in [0.3, 0.4) is 0 Å². The average Bonchev–Trinajstić information content (AvgIpc) is 2.50. The molecule has 2 aromatic rings. The maximum absolute atomic E-state index is 11.6. The normalized spacial score (nSPS) is 10.2. The Morgan fingerprint density at radius 2 is 1.81 bits per heavy atom. The molecule has 0 saturated heterocycles. The van der Waals surface area contributed by atoms with Crippen LogP contribution in [0.25, 0.3) is 0 Å². The summed E-state index contributed by atoms with van der Waals surface area (Å²) in [7, 11) is 1.34. The van der Waals surface area contributed by atoms with E-state index in [1.54, 1.807) is 12.1 Å². The van der Waals surface area contributed by atoms with E-state index in [-0.39, 0.29) is 0 Å². The van der Waals surface area contributed by atoms with Crippen LogP contribution in [-0.2, 0) is 11.2 Å². The first kappa shape index (κ1) is 14.9. The first-order valence-corrected chi connectivity index (χ1v) is 6.98. The van der Waals surface area contributed by atoms with Gasteiger partial charge < -0.3 is 15.8 Å². The zero-order chi connectivity index (χ0) is 15.2. The third-order valence-electron chi connectivity index (χ3n) is 3.24. The molecule has 0 amide bonds. The number of carbonyl (C=O) groups excluding carboxylic acids is 1. The van der Waals surface area contributed by atoms with Gasteiger partial charge in [0.15, 0.2) is 0 Å². The number of rotatable bonds is 5. The molecule has 0 aliphatic rings. The fourth-order valence-electron chi connectivity index (χ4n) is 2.13. The fourth-order valence-corrected chi connectivity index (χ4v) is 2.13. The second kappa shape index (κ2) is 6.79. The minimum Gasteiger partial charge on any atom is -0.465 e. The lowest BCUT2D eigenvalue weighted by atomic mass is 10.1. The van der Waals surface area contributed by atoms with E-state index in [9.17, 15) is 4.79 Å². The van der Waals surface area contributed by atoms with Gasteiger partial charge in [-0.15, -0.1) is 0 Å². The summed E-state index contributed by atoms with van der Waals surface area (Å²) in [4.78, 5) is 11.6. The predicted molar refractivity (Wildman–Crippen MR) is 85.9 cm³/mol. The van der Waals surface area contributed by atoms with Gasteiger partial charge in [-0.05, 0) is 42.3 Å². The molecule has 4 heteroatoms. The zero-order valence-electron chi connectivity index (χ0n) is 12.3. The maximum atomic E-state index is 11.6. The second-order valence-corrected chi connectivity index (χ2v) is 4.87. The number of nitrogens with two attached hydrogens (primary N) is 1. The number of anilines is 3. The average molecular weight is 284 g/mol. The van der Waals surface area contributed by atoms with E-state index in [2.05, 4.69) is 24.4 Å². The first-order chi connectivity index (χ1) is 10.1. The lowest BCUT2D eigenvalue weighted by molar-refractivity contribution is 0.0602. The second-order valence-electron chi connectivity index (χ2n) is 4.87. The van der Waals surface area contributed by atoms with Gasteiger partial charge in [0.2, 0.25) is 0 Å². The molecule has 2 rings (SSSR count). The van der Waals surface area contributed by atoms with Crippen molar-refractivity contribution < 1.29 is 9.53 Å². The Labute approximate surface area is 124 Å². The molecule has 0 aliphatic carbocycles. The maximum Gasteiger partial charge on any atom is 0.340 e. The van der Waals surface area contributed by atoms with Crippen LogP contribution in [0, 0.1) is 0 Å². The summed E-state index contributed by atoms with van der Waals surface area (Å²) >= 11 is 0. The largest absolute Gasteiger partial charge is 0.465 e. The number of carbonyl (C=O) groups is 1. The number of benzene rings is 2. The van der Waals surface area contributed by atoms with Crippen molar-refractivity contribution in [2.24, 2.45) is 0 Å². The smallest absolute Gasteiger partial charge is 0.340 e. The van der Waals surface area contributed by atoms with Crippen LogP contribution in [0.1, 0.15) is 29.3 Å². The van der Waals surface area contributed by atoms with Gasteiger partial charge in [0.1, 0.15) is 0 Å². The third kappa shape index (κ3) is 3.75. The molecular formula is C17H20N2O2. The summed E-state index contributed by atoms with van der Waals surface area (Å²) in [6.07, 6.45) is 2.21. The van der Waals surface area contributed by atoms with E-state index in [1.807, 2.05) is 18.2 Å². The Bertz CT molecular complexity index is 621. The minimum absolute atomic E-state index is 0.366. The first-order valence-electron chi connectivity index (χ1n) is 6.98. The van der Waals surface area contributed by atoms with Crippen LogP contribution in [0.5, 0.6) is 0 Å². The van der Waals surface area contributed by atoms with Crippen molar-refractivity contribution in [1.29, 1.82) is 0 Å². The molecule has 0 heterocycles. The fraction of sp³-hybridized carbons (Fsp3) is 0.235. The molecule has 0 atom stereocenters. The Morgan fingerprint density at radius 1 is 1.14 bits per heavy atom. The van der Waals surface area contributed by atoms with Crippen LogP contribution in [0.15, 0.2) is 42.5 Å². The molecule has 0 aromatic heterocycles. The van der Waals surface area contributed by atoms with E-state index in [0.29, 0.717) is 11.3 Å². The summed E-state index contributed by atoms with van der Waals surface area (Å²) < 4.78 is 4.72. The molecule has 0 radical (unpaired) electrons. The van der Waals surface area contributed by atoms with E-state index >= 15 is 0 Å². The monoisotopic (exact) mass is 284 g/mol. The Morgan fingerprint density at radius 3 is 2.43 bits per heavy atom. The predicted octanol–water partition coefficient (Wildman–Crippen LogP) is 3.75. The summed E-state index contributed by atoms with van der Waals surface area (Å²) in [6.45, 7) is 2.16. The molecule has 4 nitrogen and oxygen atoms in total. The van der Waals surface area contributed by atoms with Crippen LogP contribution in [-0.4, -0.2) is 13.1 Å². The Balaban J connectivity index is 2.17. The number of esters is 1. The molecule has 0 aliphatic heterocycles. The van der Waals surface area contributed by atoms with E-state index in [1.165, 1.54) is 12.7 Å². The van der Waals surface area contributed by atoms with Crippen molar-refractivity contribution in [2.45, 2.75) is 19.8 Å². The lowest BCUT2D eigenvalue weighted by Crippen LogP contribution is -2.06. The van der Waals surface area contributed by atoms with Crippen molar-refractivity contribution in [3.8, 4) is 0 Å². The van der Waals surface area contributed by atoms with Gasteiger partial charge in [-0.2, -0.15) is 0 Å². The van der Waals surface area contributed by atoms with Gasteiger partial charge in [-0.3, -0.25) is 0 Å². The van der Waals surface area contributed by atoms with Crippen LogP contribution in [0.2, 0.25) is 0 Å². The van der Waals surface area contributed by atoms with Gasteiger partial charge in [0.05, 0.1) is 12.7 Å². The molecule has 21 heavy (non-hydrogen) atoms. The van der Waals surface area contributed by atoms with E-state index in [0.717, 1.165) is 24.2 Å². The van der Waals surface area contributed by atoms with Gasteiger partial charge in [0.25, 0.3) is 0 Å². The summed E-state index contributed by atoms with van der Waals surface area (Å²) in [5.41, 5.74) is 9.64. The van der Waals surface area contributed by atoms with Crippen molar-refractivity contribution in [3.05, 3.63) is 53.6 Å². The molecule has 110 valence electrons. The third-order valence-corrected chi connectivity index (χ3v) is 3.24. The molecule has 2 aromatic carbocycles. The SMILES string of the molecule is CCCc1ccc(Nc2ccc(N)c(C(=O)OC)c2)cc1. The number of hydrogen-bond acceptors (Lipinski definition) is 4. The highest BCUT2D eigenvalue weighted by atomic mass is 16.5. The van der Waals surface area contributed by atoms with Crippen molar-refractivity contribution >= 4 is 23.0 Å². The van der Waals surface area contributed by atoms with E-state index in [4.69, 9.17) is 10.5 Å². The minimum atomic E-state index is -0.436. The number of hydrogen-bond donors (Lipinski definition) is 2. The topological polar surface area (TPSA) is 64.3 Å². The lowest BCUT2D eigenvalue weighted by Gasteiger charge is -2.10. The van der Waals surface area contributed by atoms with Crippen molar-refractivity contribution in [2.75, 3.05) is 18.2 Å². The summed E-state index contributed by atoms with van der Waals surface area (Å²) in [6, 6.07) is 13.5. The van der Waals surface area contributed by atoms with Gasteiger partial charge >= 0.3 is 5.97 Å². The summed E-state index contributed by atoms with van der Waals surface area (Å²) in [5.74, 6) is -0.436. The highest BCUT2D eigenvalue weighted by Gasteiger charge is 2.10. The molecule has 3 N–H and O–H groups in total.